The van der Waals surface area contributed by atoms with Gasteiger partial charge in [0.25, 0.3) is 0 Å². The van der Waals surface area contributed by atoms with Crippen molar-refractivity contribution in [1.82, 2.24) is 0 Å². The number of rotatable bonds is 10. The lowest BCUT2D eigenvalue weighted by atomic mass is 10.0. The zero-order chi connectivity index (χ0) is 21.8. The SMILES string of the molecule is CC(=O)OCC(C)=CCCC(C)=CCc1cc(C=CC(=O)O)ccc1OC(C)=O. The molecule has 0 bridgehead atoms. The van der Waals surface area contributed by atoms with E-state index in [-0.39, 0.29) is 5.97 Å². The van der Waals surface area contributed by atoms with Crippen molar-refractivity contribution in [1.29, 1.82) is 0 Å². The number of ether oxygens (including phenoxy) is 2. The highest BCUT2D eigenvalue weighted by Crippen LogP contribution is 2.23. The molecule has 0 aliphatic rings. The fourth-order valence-corrected chi connectivity index (χ4v) is 2.49. The monoisotopic (exact) mass is 400 g/mol. The summed E-state index contributed by atoms with van der Waals surface area (Å²) in [5, 5.41) is 8.78. The Labute approximate surface area is 171 Å². The molecule has 0 fully saturated rings. The third-order valence-corrected chi connectivity index (χ3v) is 3.96. The maximum Gasteiger partial charge on any atom is 0.328 e. The molecule has 0 heterocycles. The standard InChI is InChI=1S/C23H28O6/c1-16(6-5-7-17(2)15-28-18(3)24)8-11-21-14-20(10-13-23(26)27)9-12-22(21)29-19(4)25/h7-10,12-14H,5-6,11,15H2,1-4H3,(H,26,27). The van der Waals surface area contributed by atoms with Crippen molar-refractivity contribution >= 4 is 24.0 Å². The lowest BCUT2D eigenvalue weighted by Crippen LogP contribution is -2.04. The molecule has 0 saturated carbocycles. The minimum atomic E-state index is -1.02. The highest BCUT2D eigenvalue weighted by atomic mass is 16.5. The third kappa shape index (κ3) is 10.7. The lowest BCUT2D eigenvalue weighted by molar-refractivity contribution is -0.140. The Morgan fingerprint density at radius 1 is 1.00 bits per heavy atom. The van der Waals surface area contributed by atoms with E-state index in [4.69, 9.17) is 14.6 Å². The van der Waals surface area contributed by atoms with Crippen LogP contribution in [-0.4, -0.2) is 29.6 Å². The van der Waals surface area contributed by atoms with Crippen LogP contribution in [-0.2, 0) is 25.5 Å². The van der Waals surface area contributed by atoms with Gasteiger partial charge in [-0.25, -0.2) is 4.79 Å². The molecule has 1 aromatic carbocycles. The number of benzene rings is 1. The van der Waals surface area contributed by atoms with Crippen LogP contribution < -0.4 is 4.74 Å². The number of carbonyl (C=O) groups is 3. The summed E-state index contributed by atoms with van der Waals surface area (Å²) in [5.74, 6) is -1.26. The van der Waals surface area contributed by atoms with Gasteiger partial charge in [-0.05, 0) is 68.0 Å². The fraction of sp³-hybridized carbons (Fsp3) is 0.348. The van der Waals surface area contributed by atoms with Gasteiger partial charge in [-0.15, -0.1) is 0 Å². The number of hydrogen-bond acceptors (Lipinski definition) is 5. The van der Waals surface area contributed by atoms with Crippen LogP contribution in [0.4, 0.5) is 0 Å². The minimum Gasteiger partial charge on any atom is -0.478 e. The molecule has 0 radical (unpaired) electrons. The van der Waals surface area contributed by atoms with Crippen LogP contribution in [0.2, 0.25) is 0 Å². The van der Waals surface area contributed by atoms with Crippen molar-refractivity contribution in [2.24, 2.45) is 0 Å². The Kier molecular flexibility index (Phi) is 10.2. The molecule has 29 heavy (non-hydrogen) atoms. The number of esters is 2. The second-order valence-electron chi connectivity index (χ2n) is 6.76. The van der Waals surface area contributed by atoms with Gasteiger partial charge in [-0.1, -0.05) is 23.8 Å². The summed E-state index contributed by atoms with van der Waals surface area (Å²) in [7, 11) is 0. The lowest BCUT2D eigenvalue weighted by Gasteiger charge is -2.09. The molecule has 1 rings (SSSR count). The van der Waals surface area contributed by atoms with Gasteiger partial charge in [0.2, 0.25) is 0 Å². The first-order valence-electron chi connectivity index (χ1n) is 9.34. The maximum absolute atomic E-state index is 11.3. The van der Waals surface area contributed by atoms with E-state index >= 15 is 0 Å². The molecule has 0 atom stereocenters. The molecule has 0 amide bonds. The summed E-state index contributed by atoms with van der Waals surface area (Å²) in [6.07, 6.45) is 8.89. The van der Waals surface area contributed by atoms with Crippen LogP contribution in [0.15, 0.2) is 47.6 Å². The number of allylic oxidation sites excluding steroid dienone is 3. The van der Waals surface area contributed by atoms with Gasteiger partial charge >= 0.3 is 17.9 Å². The van der Waals surface area contributed by atoms with E-state index in [9.17, 15) is 14.4 Å². The maximum atomic E-state index is 11.3. The Balaban J connectivity index is 2.81. The van der Waals surface area contributed by atoms with Gasteiger partial charge in [0.1, 0.15) is 12.4 Å². The van der Waals surface area contributed by atoms with E-state index in [0.717, 1.165) is 30.1 Å². The number of hydrogen-bond donors (Lipinski definition) is 1. The van der Waals surface area contributed by atoms with Crippen molar-refractivity contribution < 1.29 is 29.0 Å². The molecule has 0 aliphatic carbocycles. The van der Waals surface area contributed by atoms with Crippen LogP contribution in [0.5, 0.6) is 5.75 Å². The van der Waals surface area contributed by atoms with Crippen molar-refractivity contribution in [2.75, 3.05) is 6.61 Å². The molecule has 0 aliphatic heterocycles. The average molecular weight is 400 g/mol. The quantitative estimate of drug-likeness (QED) is 0.269. The van der Waals surface area contributed by atoms with E-state index in [1.807, 2.05) is 26.0 Å². The Morgan fingerprint density at radius 3 is 2.34 bits per heavy atom. The minimum absolute atomic E-state index is 0.294. The predicted molar refractivity (Wildman–Crippen MR) is 112 cm³/mol. The fourth-order valence-electron chi connectivity index (χ4n) is 2.49. The second-order valence-corrected chi connectivity index (χ2v) is 6.76. The van der Waals surface area contributed by atoms with Crippen molar-refractivity contribution in [3.8, 4) is 5.75 Å². The zero-order valence-electron chi connectivity index (χ0n) is 17.4. The highest BCUT2D eigenvalue weighted by molar-refractivity contribution is 5.85. The van der Waals surface area contributed by atoms with Gasteiger partial charge in [0.15, 0.2) is 0 Å². The molecule has 0 saturated heterocycles. The van der Waals surface area contributed by atoms with Crippen LogP contribution in [0.25, 0.3) is 6.08 Å². The van der Waals surface area contributed by atoms with Crippen molar-refractivity contribution in [3.05, 3.63) is 58.7 Å². The molecule has 0 unspecified atom stereocenters. The number of carboxylic acid groups (broad SMARTS) is 1. The first-order chi connectivity index (χ1) is 13.7. The molecule has 0 aromatic heterocycles. The van der Waals surface area contributed by atoms with Gasteiger partial charge in [-0.3, -0.25) is 9.59 Å². The average Bonchev–Trinajstić information content (AvgIpc) is 2.63. The molecular weight excluding hydrogens is 372 g/mol. The van der Waals surface area contributed by atoms with Crippen LogP contribution >= 0.6 is 0 Å². The molecule has 1 N–H and O–H groups in total. The Morgan fingerprint density at radius 2 is 1.72 bits per heavy atom. The van der Waals surface area contributed by atoms with Gasteiger partial charge in [0, 0.05) is 19.9 Å². The molecule has 6 nitrogen and oxygen atoms in total. The molecule has 6 heteroatoms. The third-order valence-electron chi connectivity index (χ3n) is 3.96. The Bertz CT molecular complexity index is 830. The first-order valence-corrected chi connectivity index (χ1v) is 9.34. The van der Waals surface area contributed by atoms with Crippen LogP contribution in [0.1, 0.15) is 51.7 Å². The number of carboxylic acids is 1. The van der Waals surface area contributed by atoms with E-state index < -0.39 is 11.9 Å². The van der Waals surface area contributed by atoms with E-state index in [0.29, 0.717) is 24.3 Å². The molecule has 156 valence electrons. The van der Waals surface area contributed by atoms with Gasteiger partial charge in [0.05, 0.1) is 0 Å². The summed E-state index contributed by atoms with van der Waals surface area (Å²) in [6, 6.07) is 5.18. The van der Waals surface area contributed by atoms with E-state index in [1.165, 1.54) is 25.5 Å². The second kappa shape index (κ2) is 12.3. The van der Waals surface area contributed by atoms with Crippen LogP contribution in [0, 0.1) is 0 Å². The number of carbonyl (C=O) groups excluding carboxylic acids is 2. The van der Waals surface area contributed by atoms with Crippen LogP contribution in [0.3, 0.4) is 0 Å². The van der Waals surface area contributed by atoms with Gasteiger partial charge < -0.3 is 14.6 Å². The van der Waals surface area contributed by atoms with Crippen molar-refractivity contribution in [3.63, 3.8) is 0 Å². The Hall–Kier alpha value is -3.15. The van der Waals surface area contributed by atoms with E-state index in [1.54, 1.807) is 12.1 Å². The molecule has 0 spiro atoms. The highest BCUT2D eigenvalue weighted by Gasteiger charge is 2.07. The topological polar surface area (TPSA) is 89.9 Å². The summed E-state index contributed by atoms with van der Waals surface area (Å²) < 4.78 is 10.2. The van der Waals surface area contributed by atoms with Crippen molar-refractivity contribution in [2.45, 2.75) is 47.0 Å². The summed E-state index contributed by atoms with van der Waals surface area (Å²) in [4.78, 5) is 32.9. The summed E-state index contributed by atoms with van der Waals surface area (Å²) >= 11 is 0. The molecular formula is C23H28O6. The van der Waals surface area contributed by atoms with Gasteiger partial charge in [-0.2, -0.15) is 0 Å². The predicted octanol–water partition coefficient (Wildman–Crippen LogP) is 4.49. The zero-order valence-corrected chi connectivity index (χ0v) is 17.4. The first kappa shape index (κ1) is 23.9. The smallest absolute Gasteiger partial charge is 0.328 e. The molecule has 1 aromatic rings. The number of aliphatic carboxylic acids is 1. The normalized spacial score (nSPS) is 12.1. The largest absolute Gasteiger partial charge is 0.478 e. The summed E-state index contributed by atoms with van der Waals surface area (Å²) in [5.41, 5.74) is 3.69. The van der Waals surface area contributed by atoms with E-state index in [2.05, 4.69) is 6.08 Å². The summed E-state index contributed by atoms with van der Waals surface area (Å²) in [6.45, 7) is 6.98.